The van der Waals surface area contributed by atoms with Gasteiger partial charge in [-0.05, 0) is 24.6 Å². The lowest BCUT2D eigenvalue weighted by Gasteiger charge is -2.18. The van der Waals surface area contributed by atoms with Crippen LogP contribution >= 0.6 is 11.6 Å². The molecule has 1 saturated heterocycles. The first-order valence-corrected chi connectivity index (χ1v) is 9.87. The third-order valence-electron chi connectivity index (χ3n) is 3.70. The van der Waals surface area contributed by atoms with Crippen LogP contribution in [0.2, 0.25) is 5.02 Å². The molecule has 0 aromatic heterocycles. The van der Waals surface area contributed by atoms with Gasteiger partial charge in [0, 0.05) is 6.54 Å². The van der Waals surface area contributed by atoms with E-state index in [1.54, 1.807) is 6.07 Å². The van der Waals surface area contributed by atoms with Crippen LogP contribution < -0.4 is 19.8 Å². The lowest BCUT2D eigenvalue weighted by molar-refractivity contribution is -0.856. The molecular formula is C15H22ClN4O4S+. The Morgan fingerprint density at radius 2 is 2.00 bits per heavy atom. The van der Waals surface area contributed by atoms with Crippen LogP contribution in [0, 0.1) is 0 Å². The Bertz CT molecular complexity index is 767. The molecule has 0 atom stereocenters. The normalized spacial score (nSPS) is 16.1. The van der Waals surface area contributed by atoms with Crippen molar-refractivity contribution in [2.45, 2.75) is 6.42 Å². The van der Waals surface area contributed by atoms with E-state index in [1.807, 2.05) is 14.1 Å². The number of rotatable bonds is 5. The monoisotopic (exact) mass is 389 g/mol. The quantitative estimate of drug-likeness (QED) is 0.567. The molecule has 1 aromatic carbocycles. The molecule has 1 heterocycles. The summed E-state index contributed by atoms with van der Waals surface area (Å²) in [6, 6.07) is 4.51. The number of sulfonamides is 1. The maximum Gasteiger partial charge on any atom is 0.313 e. The average Bonchev–Trinajstić information content (AvgIpc) is 2.88. The minimum Gasteiger partial charge on any atom is -0.342 e. The number of benzene rings is 1. The van der Waals surface area contributed by atoms with Gasteiger partial charge < -0.3 is 15.5 Å². The number of hydrogen-bond donors (Lipinski definition) is 3. The molecule has 0 bridgehead atoms. The molecule has 8 nitrogen and oxygen atoms in total. The van der Waals surface area contributed by atoms with Gasteiger partial charge in [-0.15, -0.1) is 0 Å². The number of anilines is 2. The van der Waals surface area contributed by atoms with Crippen LogP contribution in [-0.2, 0) is 19.6 Å². The van der Waals surface area contributed by atoms with Gasteiger partial charge in [-0.3, -0.25) is 13.9 Å². The van der Waals surface area contributed by atoms with Gasteiger partial charge in [-0.1, -0.05) is 11.6 Å². The lowest BCUT2D eigenvalue weighted by atomic mass is 10.2. The number of nitrogens with zero attached hydrogens (tertiary/aromatic N) is 1. The molecule has 3 N–H and O–H groups in total. The summed E-state index contributed by atoms with van der Waals surface area (Å²) in [5.41, 5.74) is 0.694. The molecule has 0 aliphatic carbocycles. The van der Waals surface area contributed by atoms with E-state index in [4.69, 9.17) is 11.6 Å². The van der Waals surface area contributed by atoms with Crippen LogP contribution in [0.15, 0.2) is 18.2 Å². The average molecular weight is 390 g/mol. The Hall–Kier alpha value is -1.84. The van der Waals surface area contributed by atoms with Crippen LogP contribution in [-0.4, -0.2) is 59.7 Å². The molecular weight excluding hydrogens is 368 g/mol. The van der Waals surface area contributed by atoms with E-state index < -0.39 is 21.8 Å². The van der Waals surface area contributed by atoms with Crippen molar-refractivity contribution in [1.82, 2.24) is 5.32 Å². The van der Waals surface area contributed by atoms with Crippen LogP contribution in [0.1, 0.15) is 6.42 Å². The lowest BCUT2D eigenvalue weighted by Crippen LogP contribution is -3.06. The highest BCUT2D eigenvalue weighted by molar-refractivity contribution is 7.93. The van der Waals surface area contributed by atoms with Gasteiger partial charge in [-0.2, -0.15) is 0 Å². The van der Waals surface area contributed by atoms with E-state index in [0.29, 0.717) is 31.7 Å². The highest BCUT2D eigenvalue weighted by atomic mass is 35.5. The Balaban J connectivity index is 2.01. The number of quaternary nitrogens is 1. The smallest absolute Gasteiger partial charge is 0.313 e. The van der Waals surface area contributed by atoms with E-state index in [1.165, 1.54) is 16.4 Å². The second-order valence-electron chi connectivity index (χ2n) is 6.07. The summed E-state index contributed by atoms with van der Waals surface area (Å²) in [4.78, 5) is 24.8. The van der Waals surface area contributed by atoms with Gasteiger partial charge in [-0.25, -0.2) is 8.42 Å². The summed E-state index contributed by atoms with van der Waals surface area (Å²) in [5, 5.41) is 5.11. The SMILES string of the molecule is C[NH+](C)CCNC(=O)C(=O)Nc1ccc(N2CCCS2(=O)=O)cc1Cl. The van der Waals surface area contributed by atoms with Crippen molar-refractivity contribution in [3.05, 3.63) is 23.2 Å². The van der Waals surface area contributed by atoms with Crippen molar-refractivity contribution in [1.29, 1.82) is 0 Å². The number of hydrogen-bond acceptors (Lipinski definition) is 4. The molecule has 0 spiro atoms. The highest BCUT2D eigenvalue weighted by Gasteiger charge is 2.28. The molecule has 10 heteroatoms. The molecule has 2 rings (SSSR count). The van der Waals surface area contributed by atoms with Crippen LogP contribution in [0.3, 0.4) is 0 Å². The number of nitrogens with one attached hydrogen (secondary N) is 3. The summed E-state index contributed by atoms with van der Waals surface area (Å²) in [6.07, 6.45) is 0.563. The molecule has 1 fully saturated rings. The fourth-order valence-corrected chi connectivity index (χ4v) is 4.15. The molecule has 0 radical (unpaired) electrons. The Kier molecular flexibility index (Phi) is 6.26. The summed E-state index contributed by atoms with van der Waals surface area (Å²) >= 11 is 6.12. The van der Waals surface area contributed by atoms with E-state index in [0.717, 1.165) is 4.90 Å². The maximum absolute atomic E-state index is 11.9. The summed E-state index contributed by atoms with van der Waals surface area (Å²) in [5.74, 6) is -1.46. The van der Waals surface area contributed by atoms with Gasteiger partial charge in [0.2, 0.25) is 10.0 Å². The van der Waals surface area contributed by atoms with Crippen molar-refractivity contribution < 1.29 is 22.9 Å². The van der Waals surface area contributed by atoms with Crippen LogP contribution in [0.25, 0.3) is 0 Å². The topological polar surface area (TPSA) is 100 Å². The maximum atomic E-state index is 11.9. The minimum absolute atomic E-state index is 0.109. The second kappa shape index (κ2) is 8.03. The zero-order chi connectivity index (χ0) is 18.6. The predicted molar refractivity (Wildman–Crippen MR) is 96.5 cm³/mol. The van der Waals surface area contributed by atoms with E-state index in [-0.39, 0.29) is 16.5 Å². The van der Waals surface area contributed by atoms with Crippen molar-refractivity contribution >= 4 is 44.8 Å². The molecule has 0 unspecified atom stereocenters. The Labute approximate surface area is 152 Å². The van der Waals surface area contributed by atoms with Crippen molar-refractivity contribution in [2.24, 2.45) is 0 Å². The van der Waals surface area contributed by atoms with E-state index in [2.05, 4.69) is 10.6 Å². The molecule has 25 heavy (non-hydrogen) atoms. The van der Waals surface area contributed by atoms with E-state index >= 15 is 0 Å². The van der Waals surface area contributed by atoms with Gasteiger partial charge in [0.1, 0.15) is 0 Å². The summed E-state index contributed by atoms with van der Waals surface area (Å²) in [6.45, 7) is 1.48. The van der Waals surface area contributed by atoms with Gasteiger partial charge in [0.25, 0.3) is 0 Å². The third kappa shape index (κ3) is 5.07. The van der Waals surface area contributed by atoms with Crippen LogP contribution in [0.4, 0.5) is 11.4 Å². The zero-order valence-electron chi connectivity index (χ0n) is 14.1. The molecule has 1 aromatic rings. The fraction of sp³-hybridized carbons (Fsp3) is 0.467. The standard InChI is InChI=1S/C15H21ClN4O4S/c1-19(2)8-6-17-14(21)15(22)18-13-5-4-11(10-12(13)16)20-7-3-9-25(20,23)24/h4-5,10H,3,6-9H2,1-2H3,(H,17,21)(H,18,22)/p+1. The summed E-state index contributed by atoms with van der Waals surface area (Å²) in [7, 11) is 0.575. The van der Waals surface area contributed by atoms with Crippen molar-refractivity contribution in [2.75, 3.05) is 49.1 Å². The molecule has 0 saturated carbocycles. The van der Waals surface area contributed by atoms with Gasteiger partial charge in [0.15, 0.2) is 0 Å². The van der Waals surface area contributed by atoms with Crippen molar-refractivity contribution in [3.8, 4) is 0 Å². The number of carbonyl (C=O) groups excluding carboxylic acids is 2. The van der Waals surface area contributed by atoms with Gasteiger partial charge >= 0.3 is 11.8 Å². The first-order chi connectivity index (χ1) is 11.7. The number of carbonyl (C=O) groups is 2. The Morgan fingerprint density at radius 3 is 2.56 bits per heavy atom. The largest absolute Gasteiger partial charge is 0.342 e. The van der Waals surface area contributed by atoms with Crippen LogP contribution in [0.5, 0.6) is 0 Å². The highest BCUT2D eigenvalue weighted by Crippen LogP contribution is 2.31. The summed E-state index contributed by atoms with van der Waals surface area (Å²) < 4.78 is 25.2. The fourth-order valence-electron chi connectivity index (χ4n) is 2.38. The molecule has 1 aliphatic heterocycles. The number of amides is 2. The minimum atomic E-state index is -3.30. The Morgan fingerprint density at radius 1 is 1.28 bits per heavy atom. The molecule has 138 valence electrons. The predicted octanol–water partition coefficient (Wildman–Crippen LogP) is -0.921. The molecule has 2 amide bonds. The van der Waals surface area contributed by atoms with E-state index in [9.17, 15) is 18.0 Å². The van der Waals surface area contributed by atoms with Crippen molar-refractivity contribution in [3.63, 3.8) is 0 Å². The first-order valence-electron chi connectivity index (χ1n) is 7.89. The zero-order valence-corrected chi connectivity index (χ0v) is 15.7. The van der Waals surface area contributed by atoms with Gasteiger partial charge in [0.05, 0.1) is 49.3 Å². The first kappa shape index (κ1) is 19.5. The third-order valence-corrected chi connectivity index (χ3v) is 5.89. The number of halogens is 1. The second-order valence-corrected chi connectivity index (χ2v) is 8.49. The number of likely N-dealkylation sites (N-methyl/N-ethyl adjacent to an activating group) is 1. The molecule has 1 aliphatic rings.